The second-order valence-corrected chi connectivity index (χ2v) is 5.58. The van der Waals surface area contributed by atoms with E-state index >= 15 is 0 Å². The monoisotopic (exact) mass is 323 g/mol. The second kappa shape index (κ2) is 5.58. The van der Waals surface area contributed by atoms with Gasteiger partial charge >= 0.3 is 0 Å². The third-order valence-electron chi connectivity index (χ3n) is 3.08. The van der Waals surface area contributed by atoms with Gasteiger partial charge in [-0.1, -0.05) is 47.5 Å². The maximum absolute atomic E-state index is 6.29. The molecule has 0 saturated carbocycles. The van der Waals surface area contributed by atoms with Crippen molar-refractivity contribution in [2.75, 3.05) is 4.90 Å². The van der Waals surface area contributed by atoms with Crippen molar-refractivity contribution in [3.8, 4) is 0 Å². The lowest BCUT2D eigenvalue weighted by molar-refractivity contribution is 0.586. The molecular formula is C14H11Cl2N3S. The Morgan fingerprint density at radius 2 is 1.80 bits per heavy atom. The van der Waals surface area contributed by atoms with Gasteiger partial charge in [-0.2, -0.15) is 0 Å². The molecule has 0 bridgehead atoms. The molecule has 1 aliphatic rings. The molecule has 1 heterocycles. The Kier molecular flexibility index (Phi) is 3.81. The van der Waals surface area contributed by atoms with Crippen molar-refractivity contribution >= 4 is 46.2 Å². The quantitative estimate of drug-likeness (QED) is 0.820. The van der Waals surface area contributed by atoms with Crippen molar-refractivity contribution in [3.63, 3.8) is 0 Å². The minimum Gasteiger partial charge on any atom is -0.296 e. The standard InChI is InChI=1S/C14H11Cl2N3S/c15-9-6-7-11(12(16)8-9)13-17-18-14(20)19(13)10-4-2-1-3-5-10/h1-8,13,17H,(H,18,20). The fourth-order valence-electron chi connectivity index (χ4n) is 2.17. The number of anilines is 1. The van der Waals surface area contributed by atoms with Crippen LogP contribution in [0.4, 0.5) is 5.69 Å². The van der Waals surface area contributed by atoms with Crippen LogP contribution in [0, 0.1) is 0 Å². The number of nitrogens with zero attached hydrogens (tertiary/aromatic N) is 1. The molecule has 20 heavy (non-hydrogen) atoms. The van der Waals surface area contributed by atoms with Crippen molar-refractivity contribution in [1.29, 1.82) is 0 Å². The summed E-state index contributed by atoms with van der Waals surface area (Å²) in [7, 11) is 0. The van der Waals surface area contributed by atoms with Crippen LogP contribution in [0.25, 0.3) is 0 Å². The molecule has 0 amide bonds. The summed E-state index contributed by atoms with van der Waals surface area (Å²) in [6.45, 7) is 0. The number of hydrazine groups is 1. The van der Waals surface area contributed by atoms with Crippen molar-refractivity contribution < 1.29 is 0 Å². The second-order valence-electron chi connectivity index (χ2n) is 4.35. The van der Waals surface area contributed by atoms with Crippen molar-refractivity contribution in [2.24, 2.45) is 0 Å². The zero-order valence-corrected chi connectivity index (χ0v) is 12.6. The van der Waals surface area contributed by atoms with Crippen molar-refractivity contribution in [2.45, 2.75) is 6.17 Å². The van der Waals surface area contributed by atoms with Gasteiger partial charge in [-0.25, -0.2) is 5.43 Å². The summed E-state index contributed by atoms with van der Waals surface area (Å²) in [5.41, 5.74) is 8.01. The van der Waals surface area contributed by atoms with Crippen LogP contribution in [0.3, 0.4) is 0 Å². The van der Waals surface area contributed by atoms with E-state index in [4.69, 9.17) is 35.4 Å². The van der Waals surface area contributed by atoms with Gasteiger partial charge in [-0.15, -0.1) is 0 Å². The molecule has 1 saturated heterocycles. The molecule has 6 heteroatoms. The Bertz CT molecular complexity index is 648. The molecule has 2 aromatic carbocycles. The SMILES string of the molecule is S=C1NNC(c2ccc(Cl)cc2Cl)N1c1ccccc1. The largest absolute Gasteiger partial charge is 0.296 e. The minimum absolute atomic E-state index is 0.172. The number of thiocarbonyl (C=S) groups is 1. The maximum atomic E-state index is 6.29. The summed E-state index contributed by atoms with van der Waals surface area (Å²) in [5, 5.41) is 1.81. The van der Waals surface area contributed by atoms with Crippen LogP contribution in [0.5, 0.6) is 0 Å². The van der Waals surface area contributed by atoms with Gasteiger partial charge in [-0.3, -0.25) is 10.3 Å². The number of hydrogen-bond donors (Lipinski definition) is 2. The molecule has 1 atom stereocenters. The Morgan fingerprint density at radius 3 is 2.50 bits per heavy atom. The lowest BCUT2D eigenvalue weighted by atomic mass is 10.1. The Morgan fingerprint density at radius 1 is 1.05 bits per heavy atom. The average molecular weight is 324 g/mol. The van der Waals surface area contributed by atoms with Gasteiger partial charge in [0, 0.05) is 21.3 Å². The lowest BCUT2D eigenvalue weighted by Crippen LogP contribution is -2.29. The number of hydrogen-bond acceptors (Lipinski definition) is 2. The Labute approximate surface area is 132 Å². The highest BCUT2D eigenvalue weighted by atomic mass is 35.5. The van der Waals surface area contributed by atoms with E-state index in [9.17, 15) is 0 Å². The van der Waals surface area contributed by atoms with E-state index in [0.717, 1.165) is 11.3 Å². The summed E-state index contributed by atoms with van der Waals surface area (Å²) in [6, 6.07) is 15.3. The number of halogens is 2. The number of nitrogens with one attached hydrogen (secondary N) is 2. The van der Waals surface area contributed by atoms with Crippen LogP contribution in [-0.2, 0) is 0 Å². The average Bonchev–Trinajstić information content (AvgIpc) is 2.81. The molecule has 2 N–H and O–H groups in total. The molecule has 0 spiro atoms. The number of para-hydroxylation sites is 1. The first-order valence-corrected chi connectivity index (χ1v) is 7.18. The van der Waals surface area contributed by atoms with E-state index in [2.05, 4.69) is 10.9 Å². The fraction of sp³-hybridized carbons (Fsp3) is 0.0714. The van der Waals surface area contributed by atoms with Gasteiger partial charge in [0.25, 0.3) is 0 Å². The molecular weight excluding hydrogens is 313 g/mol. The summed E-state index contributed by atoms with van der Waals surface area (Å²) < 4.78 is 0. The minimum atomic E-state index is -0.172. The van der Waals surface area contributed by atoms with Gasteiger partial charge in [0.15, 0.2) is 5.11 Å². The molecule has 1 aliphatic heterocycles. The summed E-state index contributed by atoms with van der Waals surface area (Å²) in [4.78, 5) is 1.98. The maximum Gasteiger partial charge on any atom is 0.189 e. The van der Waals surface area contributed by atoms with Crippen LogP contribution in [-0.4, -0.2) is 5.11 Å². The predicted molar refractivity (Wildman–Crippen MR) is 87.0 cm³/mol. The summed E-state index contributed by atoms with van der Waals surface area (Å²) in [5.74, 6) is 0. The third-order valence-corrected chi connectivity index (χ3v) is 3.95. The van der Waals surface area contributed by atoms with E-state index in [1.165, 1.54) is 0 Å². The normalized spacial score (nSPS) is 18.2. The summed E-state index contributed by atoms with van der Waals surface area (Å²) >= 11 is 17.6. The molecule has 102 valence electrons. The molecule has 1 unspecified atom stereocenters. The first-order valence-electron chi connectivity index (χ1n) is 6.01. The Balaban J connectivity index is 2.02. The first-order chi connectivity index (χ1) is 9.66. The van der Waals surface area contributed by atoms with Gasteiger partial charge in [0.2, 0.25) is 0 Å². The van der Waals surface area contributed by atoms with Gasteiger partial charge in [-0.05, 0) is 36.5 Å². The number of rotatable bonds is 2. The van der Waals surface area contributed by atoms with E-state index in [1.807, 2.05) is 47.4 Å². The molecule has 0 radical (unpaired) electrons. The molecule has 1 fully saturated rings. The molecule has 0 aromatic heterocycles. The lowest BCUT2D eigenvalue weighted by Gasteiger charge is -2.25. The molecule has 2 aromatic rings. The van der Waals surface area contributed by atoms with Crippen LogP contribution < -0.4 is 15.8 Å². The third kappa shape index (κ3) is 2.47. The molecule has 3 nitrogen and oxygen atoms in total. The van der Waals surface area contributed by atoms with Crippen LogP contribution in [0.1, 0.15) is 11.7 Å². The van der Waals surface area contributed by atoms with Gasteiger partial charge in [0.1, 0.15) is 6.17 Å². The van der Waals surface area contributed by atoms with Crippen molar-refractivity contribution in [3.05, 3.63) is 64.1 Å². The van der Waals surface area contributed by atoms with Crippen molar-refractivity contribution in [1.82, 2.24) is 10.9 Å². The zero-order valence-electron chi connectivity index (χ0n) is 10.3. The number of benzene rings is 2. The van der Waals surface area contributed by atoms with Crippen LogP contribution in [0.2, 0.25) is 10.0 Å². The van der Waals surface area contributed by atoms with Gasteiger partial charge in [0.05, 0.1) is 0 Å². The van der Waals surface area contributed by atoms with Crippen LogP contribution >= 0.6 is 35.4 Å². The highest BCUT2D eigenvalue weighted by molar-refractivity contribution is 7.80. The van der Waals surface area contributed by atoms with Gasteiger partial charge < -0.3 is 0 Å². The highest BCUT2D eigenvalue weighted by Crippen LogP contribution is 2.33. The fourth-order valence-corrected chi connectivity index (χ4v) is 2.95. The predicted octanol–water partition coefficient (Wildman–Crippen LogP) is 3.89. The zero-order chi connectivity index (χ0) is 14.1. The van der Waals surface area contributed by atoms with Crippen LogP contribution in [0.15, 0.2) is 48.5 Å². The Hall–Kier alpha value is -1.33. The molecule has 0 aliphatic carbocycles. The highest BCUT2D eigenvalue weighted by Gasteiger charge is 2.31. The summed E-state index contributed by atoms with van der Waals surface area (Å²) in [6.07, 6.45) is -0.172. The topological polar surface area (TPSA) is 27.3 Å². The van der Waals surface area contributed by atoms with E-state index in [1.54, 1.807) is 6.07 Å². The van der Waals surface area contributed by atoms with E-state index < -0.39 is 0 Å². The van der Waals surface area contributed by atoms with E-state index in [-0.39, 0.29) is 6.17 Å². The first kappa shape index (κ1) is 13.6. The molecule has 3 rings (SSSR count). The smallest absolute Gasteiger partial charge is 0.189 e. The van der Waals surface area contributed by atoms with E-state index in [0.29, 0.717) is 15.2 Å².